The summed E-state index contributed by atoms with van der Waals surface area (Å²) in [5.74, 6) is 1.31. The molecule has 3 aromatic rings. The second-order valence-corrected chi connectivity index (χ2v) is 5.97. The SMILES string of the molecule is COc1cc(C(=O)Nc2ccc(NCc3ccccn3)cn2)cc(OC)c1OC. The van der Waals surface area contributed by atoms with Crippen LogP contribution in [0.4, 0.5) is 11.5 Å². The zero-order valence-corrected chi connectivity index (χ0v) is 16.4. The molecule has 0 aliphatic rings. The Morgan fingerprint density at radius 2 is 1.72 bits per heavy atom. The first-order chi connectivity index (χ1) is 14.1. The van der Waals surface area contributed by atoms with E-state index >= 15 is 0 Å². The van der Waals surface area contributed by atoms with E-state index in [0.717, 1.165) is 11.4 Å². The van der Waals surface area contributed by atoms with Crippen LogP contribution in [0.2, 0.25) is 0 Å². The fourth-order valence-corrected chi connectivity index (χ4v) is 2.67. The van der Waals surface area contributed by atoms with Gasteiger partial charge < -0.3 is 24.8 Å². The topological polar surface area (TPSA) is 94.6 Å². The van der Waals surface area contributed by atoms with E-state index in [2.05, 4.69) is 20.6 Å². The van der Waals surface area contributed by atoms with E-state index in [0.29, 0.717) is 35.2 Å². The minimum Gasteiger partial charge on any atom is -0.493 e. The molecule has 3 rings (SSSR count). The van der Waals surface area contributed by atoms with E-state index < -0.39 is 0 Å². The van der Waals surface area contributed by atoms with Crippen LogP contribution < -0.4 is 24.8 Å². The van der Waals surface area contributed by atoms with E-state index in [1.54, 1.807) is 30.6 Å². The standard InChI is InChI=1S/C21H22N4O4/c1-27-17-10-14(11-18(28-2)20(17)29-3)21(26)25-19-8-7-16(13-24-19)23-12-15-6-4-5-9-22-15/h4-11,13,23H,12H2,1-3H3,(H,24,25,26). The van der Waals surface area contributed by atoms with Crippen molar-refractivity contribution in [2.75, 3.05) is 32.0 Å². The van der Waals surface area contributed by atoms with Gasteiger partial charge in [-0.2, -0.15) is 0 Å². The Bertz CT molecular complexity index is 937. The molecule has 0 radical (unpaired) electrons. The Hall–Kier alpha value is -3.81. The number of benzene rings is 1. The molecule has 0 aliphatic carbocycles. The first-order valence-electron chi connectivity index (χ1n) is 8.85. The van der Waals surface area contributed by atoms with Crippen LogP contribution in [0.3, 0.4) is 0 Å². The average molecular weight is 394 g/mol. The monoisotopic (exact) mass is 394 g/mol. The quantitative estimate of drug-likeness (QED) is 0.605. The molecule has 1 aromatic carbocycles. The third-order valence-electron chi connectivity index (χ3n) is 4.13. The van der Waals surface area contributed by atoms with Crippen molar-refractivity contribution >= 4 is 17.4 Å². The van der Waals surface area contributed by atoms with Crippen molar-refractivity contribution in [3.8, 4) is 17.2 Å². The minimum atomic E-state index is -0.342. The lowest BCUT2D eigenvalue weighted by atomic mass is 10.1. The lowest BCUT2D eigenvalue weighted by Gasteiger charge is -2.14. The highest BCUT2D eigenvalue weighted by Gasteiger charge is 2.17. The molecule has 0 atom stereocenters. The Labute approximate surface area is 168 Å². The third-order valence-corrected chi connectivity index (χ3v) is 4.13. The van der Waals surface area contributed by atoms with Gasteiger partial charge in [-0.3, -0.25) is 9.78 Å². The molecule has 0 unspecified atom stereocenters. The summed E-state index contributed by atoms with van der Waals surface area (Å²) in [6.45, 7) is 0.583. The first-order valence-corrected chi connectivity index (χ1v) is 8.85. The molecule has 8 heteroatoms. The minimum absolute atomic E-state index is 0.342. The molecule has 2 aromatic heterocycles. The van der Waals surface area contributed by atoms with Gasteiger partial charge >= 0.3 is 0 Å². The van der Waals surface area contributed by atoms with Crippen LogP contribution in [-0.2, 0) is 6.54 Å². The number of ether oxygens (including phenoxy) is 3. The van der Waals surface area contributed by atoms with Gasteiger partial charge in [0.15, 0.2) is 11.5 Å². The van der Waals surface area contributed by atoms with Crippen LogP contribution in [0.5, 0.6) is 17.2 Å². The van der Waals surface area contributed by atoms with Gasteiger partial charge in [-0.15, -0.1) is 0 Å². The van der Waals surface area contributed by atoms with E-state index in [-0.39, 0.29) is 5.91 Å². The predicted molar refractivity (Wildman–Crippen MR) is 110 cm³/mol. The Kier molecular flexibility index (Phi) is 6.47. The summed E-state index contributed by atoms with van der Waals surface area (Å²) < 4.78 is 15.8. The maximum atomic E-state index is 12.6. The number of hydrogen-bond donors (Lipinski definition) is 2. The zero-order chi connectivity index (χ0) is 20.6. The van der Waals surface area contributed by atoms with Crippen LogP contribution in [0.1, 0.15) is 16.1 Å². The molecule has 0 spiro atoms. The summed E-state index contributed by atoms with van der Waals surface area (Å²) in [4.78, 5) is 21.1. The van der Waals surface area contributed by atoms with Gasteiger partial charge in [0, 0.05) is 11.8 Å². The highest BCUT2D eigenvalue weighted by atomic mass is 16.5. The number of methoxy groups -OCH3 is 3. The molecule has 29 heavy (non-hydrogen) atoms. The second kappa shape index (κ2) is 9.41. The largest absolute Gasteiger partial charge is 0.493 e. The van der Waals surface area contributed by atoms with Gasteiger partial charge in [0.05, 0.1) is 45.5 Å². The van der Waals surface area contributed by atoms with Crippen LogP contribution >= 0.6 is 0 Å². The molecule has 1 amide bonds. The van der Waals surface area contributed by atoms with E-state index in [1.807, 2.05) is 24.3 Å². The Balaban J connectivity index is 1.67. The van der Waals surface area contributed by atoms with Crippen LogP contribution in [0, 0.1) is 0 Å². The molecule has 8 nitrogen and oxygen atoms in total. The van der Waals surface area contributed by atoms with E-state index in [1.165, 1.54) is 21.3 Å². The van der Waals surface area contributed by atoms with Gasteiger partial charge in [-0.25, -0.2) is 4.98 Å². The predicted octanol–water partition coefficient (Wildman–Crippen LogP) is 3.37. The summed E-state index contributed by atoms with van der Waals surface area (Å²) >= 11 is 0. The molecule has 0 aliphatic heterocycles. The van der Waals surface area contributed by atoms with Gasteiger partial charge in [0.2, 0.25) is 5.75 Å². The average Bonchev–Trinajstić information content (AvgIpc) is 2.78. The van der Waals surface area contributed by atoms with Gasteiger partial charge in [-0.1, -0.05) is 6.07 Å². The number of hydrogen-bond acceptors (Lipinski definition) is 7. The zero-order valence-electron chi connectivity index (χ0n) is 16.4. The molecule has 0 bridgehead atoms. The Morgan fingerprint density at radius 3 is 2.28 bits per heavy atom. The van der Waals surface area contributed by atoms with Gasteiger partial charge in [0.1, 0.15) is 5.82 Å². The first kappa shape index (κ1) is 19.9. The molecule has 0 saturated carbocycles. The molecule has 0 saturated heterocycles. The lowest BCUT2D eigenvalue weighted by Crippen LogP contribution is -2.13. The summed E-state index contributed by atoms with van der Waals surface area (Å²) in [6, 6.07) is 12.5. The smallest absolute Gasteiger partial charge is 0.257 e. The number of amides is 1. The number of pyridine rings is 2. The van der Waals surface area contributed by atoms with Gasteiger partial charge in [-0.05, 0) is 36.4 Å². The number of carbonyl (C=O) groups excluding carboxylic acids is 1. The summed E-state index contributed by atoms with van der Waals surface area (Å²) in [7, 11) is 4.50. The summed E-state index contributed by atoms with van der Waals surface area (Å²) in [6.07, 6.45) is 3.39. The highest BCUT2D eigenvalue weighted by molar-refractivity contribution is 6.04. The van der Waals surface area contributed by atoms with Crippen molar-refractivity contribution in [2.24, 2.45) is 0 Å². The van der Waals surface area contributed by atoms with Crippen LogP contribution in [0.25, 0.3) is 0 Å². The van der Waals surface area contributed by atoms with Crippen molar-refractivity contribution in [3.63, 3.8) is 0 Å². The van der Waals surface area contributed by atoms with Crippen molar-refractivity contribution in [3.05, 3.63) is 66.1 Å². The summed E-state index contributed by atoms with van der Waals surface area (Å²) in [5.41, 5.74) is 2.10. The van der Waals surface area contributed by atoms with E-state index in [9.17, 15) is 4.79 Å². The number of anilines is 2. The van der Waals surface area contributed by atoms with Gasteiger partial charge in [0.25, 0.3) is 5.91 Å². The number of nitrogens with one attached hydrogen (secondary N) is 2. The number of carbonyl (C=O) groups is 1. The lowest BCUT2D eigenvalue weighted by molar-refractivity contribution is 0.102. The second-order valence-electron chi connectivity index (χ2n) is 5.97. The fourth-order valence-electron chi connectivity index (χ4n) is 2.67. The number of nitrogens with zero attached hydrogens (tertiary/aromatic N) is 2. The Morgan fingerprint density at radius 1 is 0.966 bits per heavy atom. The van der Waals surface area contributed by atoms with Crippen LogP contribution in [0.15, 0.2) is 54.9 Å². The number of rotatable bonds is 8. The molecule has 0 fully saturated rings. The van der Waals surface area contributed by atoms with E-state index in [4.69, 9.17) is 14.2 Å². The third kappa shape index (κ3) is 4.92. The number of aromatic nitrogens is 2. The maximum absolute atomic E-state index is 12.6. The van der Waals surface area contributed by atoms with Crippen molar-refractivity contribution in [2.45, 2.75) is 6.54 Å². The summed E-state index contributed by atoms with van der Waals surface area (Å²) in [5, 5.41) is 5.99. The molecular formula is C21H22N4O4. The molecule has 2 heterocycles. The maximum Gasteiger partial charge on any atom is 0.257 e. The molecule has 150 valence electrons. The molecular weight excluding hydrogens is 372 g/mol. The van der Waals surface area contributed by atoms with Crippen LogP contribution in [-0.4, -0.2) is 37.2 Å². The van der Waals surface area contributed by atoms with Crippen molar-refractivity contribution < 1.29 is 19.0 Å². The fraction of sp³-hybridized carbons (Fsp3) is 0.190. The normalized spacial score (nSPS) is 10.2. The van der Waals surface area contributed by atoms with Crippen molar-refractivity contribution in [1.82, 2.24) is 9.97 Å². The highest BCUT2D eigenvalue weighted by Crippen LogP contribution is 2.38. The van der Waals surface area contributed by atoms with Crippen molar-refractivity contribution in [1.29, 1.82) is 0 Å². The molecule has 2 N–H and O–H groups in total.